The van der Waals surface area contributed by atoms with Crippen molar-refractivity contribution in [2.75, 3.05) is 13.2 Å². The van der Waals surface area contributed by atoms with E-state index in [-0.39, 0.29) is 17.2 Å². The van der Waals surface area contributed by atoms with Crippen molar-refractivity contribution < 1.29 is 29.2 Å². The summed E-state index contributed by atoms with van der Waals surface area (Å²) >= 11 is 0. The summed E-state index contributed by atoms with van der Waals surface area (Å²) in [6.45, 7) is 9.66. The quantitative estimate of drug-likeness (QED) is 0.0845. The second kappa shape index (κ2) is 20.9. The zero-order valence-electron chi connectivity index (χ0n) is 24.2. The Labute approximate surface area is 226 Å². The molecule has 6 nitrogen and oxygen atoms in total. The second-order valence-electron chi connectivity index (χ2n) is 10.1. The third-order valence-corrected chi connectivity index (χ3v) is 6.79. The van der Waals surface area contributed by atoms with Crippen LogP contribution in [0.4, 0.5) is 4.79 Å². The van der Waals surface area contributed by atoms with E-state index in [0.29, 0.717) is 25.4 Å². The molecule has 0 amide bonds. The maximum atomic E-state index is 11.7. The van der Waals surface area contributed by atoms with Crippen molar-refractivity contribution in [1.82, 2.24) is 0 Å². The average Bonchev–Trinajstić information content (AvgIpc) is 2.88. The number of carbonyl (C=O) groups is 1. The third-order valence-electron chi connectivity index (χ3n) is 6.79. The Morgan fingerprint density at radius 2 is 0.973 bits per heavy atom. The van der Waals surface area contributed by atoms with Crippen LogP contribution in [0.2, 0.25) is 0 Å². The van der Waals surface area contributed by atoms with Gasteiger partial charge in [-0.15, -0.1) is 0 Å². The maximum Gasteiger partial charge on any atom is 0.511 e. The molecule has 0 aliphatic carbocycles. The molecule has 0 heterocycles. The molecule has 0 aliphatic rings. The first-order valence-electron chi connectivity index (χ1n) is 15.1. The van der Waals surface area contributed by atoms with Gasteiger partial charge in [0.05, 0.1) is 13.2 Å². The van der Waals surface area contributed by atoms with Gasteiger partial charge >= 0.3 is 6.16 Å². The van der Waals surface area contributed by atoms with Crippen molar-refractivity contribution >= 4 is 6.16 Å². The number of unbranched alkanes of at least 4 members (excludes halogenated alkanes) is 12. The summed E-state index contributed by atoms with van der Waals surface area (Å²) in [6.07, 6.45) is 17.1. The summed E-state index contributed by atoms with van der Waals surface area (Å²) in [5.74, 6) is 0.602. The topological polar surface area (TPSA) is 85.2 Å². The molecule has 37 heavy (non-hydrogen) atoms. The van der Waals surface area contributed by atoms with Gasteiger partial charge < -0.3 is 24.4 Å². The van der Waals surface area contributed by atoms with Gasteiger partial charge in [0.2, 0.25) is 11.5 Å². The Balaban J connectivity index is 3.47. The minimum Gasteiger partial charge on any atom is -0.502 e. The molecule has 214 valence electrons. The predicted molar refractivity (Wildman–Crippen MR) is 152 cm³/mol. The van der Waals surface area contributed by atoms with E-state index in [1.165, 1.54) is 25.7 Å². The van der Waals surface area contributed by atoms with Crippen LogP contribution in [0.5, 0.6) is 23.0 Å². The zero-order valence-corrected chi connectivity index (χ0v) is 24.2. The molecule has 1 aromatic carbocycles. The average molecular weight is 523 g/mol. The molecule has 1 rings (SSSR count). The number of hydrogen-bond donors (Lipinski definition) is 2. The third kappa shape index (κ3) is 12.8. The van der Waals surface area contributed by atoms with Crippen molar-refractivity contribution in [3.05, 3.63) is 11.1 Å². The fourth-order valence-electron chi connectivity index (χ4n) is 4.64. The Morgan fingerprint density at radius 3 is 1.43 bits per heavy atom. The predicted octanol–water partition coefficient (Wildman–Crippen LogP) is 9.61. The van der Waals surface area contributed by atoms with Crippen LogP contribution in [-0.4, -0.2) is 29.6 Å². The summed E-state index contributed by atoms with van der Waals surface area (Å²) in [5, 5.41) is 20.8. The standard InChI is InChI=1S/C31H54O6/c1-5-9-13-15-17-21-25-26(22-18-16-14-10-6-2)29(35-23-19-11-7-3)30(36-24-20-12-8-4)27(32)28(25)37-31(33)34/h32H,5-24H2,1-4H3,(H,33,34). The number of rotatable bonds is 23. The largest absolute Gasteiger partial charge is 0.511 e. The molecule has 0 aromatic heterocycles. The molecule has 0 saturated heterocycles. The molecule has 0 unspecified atom stereocenters. The van der Waals surface area contributed by atoms with Gasteiger partial charge in [-0.25, -0.2) is 4.79 Å². The van der Waals surface area contributed by atoms with Gasteiger partial charge in [-0.05, 0) is 38.5 Å². The molecular weight excluding hydrogens is 468 g/mol. The van der Waals surface area contributed by atoms with Gasteiger partial charge in [-0.1, -0.05) is 105 Å². The van der Waals surface area contributed by atoms with Crippen molar-refractivity contribution in [3.63, 3.8) is 0 Å². The van der Waals surface area contributed by atoms with Crippen LogP contribution >= 0.6 is 0 Å². The first kappa shape index (κ1) is 32.9. The fraction of sp³-hybridized carbons (Fsp3) is 0.774. The van der Waals surface area contributed by atoms with Gasteiger partial charge in [0, 0.05) is 11.1 Å². The Morgan fingerprint density at radius 1 is 0.568 bits per heavy atom. The minimum absolute atomic E-state index is 0.0259. The molecule has 0 bridgehead atoms. The molecule has 0 spiro atoms. The normalized spacial score (nSPS) is 11.0. The van der Waals surface area contributed by atoms with Crippen molar-refractivity contribution in [2.24, 2.45) is 0 Å². The van der Waals surface area contributed by atoms with Crippen LogP contribution in [0, 0.1) is 0 Å². The molecule has 2 N–H and O–H groups in total. The molecule has 0 aliphatic heterocycles. The van der Waals surface area contributed by atoms with Gasteiger partial charge in [-0.2, -0.15) is 0 Å². The number of ether oxygens (including phenoxy) is 3. The minimum atomic E-state index is -1.43. The molecule has 6 heteroatoms. The highest BCUT2D eigenvalue weighted by Crippen LogP contribution is 2.50. The highest BCUT2D eigenvalue weighted by Gasteiger charge is 2.28. The highest BCUT2D eigenvalue weighted by atomic mass is 16.7. The summed E-state index contributed by atoms with van der Waals surface area (Å²) in [7, 11) is 0. The lowest BCUT2D eigenvalue weighted by molar-refractivity contribution is 0.141. The molecule has 0 fully saturated rings. The van der Waals surface area contributed by atoms with Gasteiger partial charge in [0.1, 0.15) is 0 Å². The maximum absolute atomic E-state index is 11.7. The van der Waals surface area contributed by atoms with Crippen LogP contribution in [0.25, 0.3) is 0 Å². The van der Waals surface area contributed by atoms with E-state index in [0.717, 1.165) is 94.6 Å². The fourth-order valence-corrected chi connectivity index (χ4v) is 4.64. The smallest absolute Gasteiger partial charge is 0.502 e. The second-order valence-corrected chi connectivity index (χ2v) is 10.1. The van der Waals surface area contributed by atoms with Crippen LogP contribution in [-0.2, 0) is 12.8 Å². The van der Waals surface area contributed by atoms with Crippen molar-refractivity contribution in [2.45, 2.75) is 143 Å². The summed E-state index contributed by atoms with van der Waals surface area (Å²) < 4.78 is 17.7. The lowest BCUT2D eigenvalue weighted by atomic mass is 9.93. The SMILES string of the molecule is CCCCCCCc1c(CCCCCCC)c(OCCCCC)c(OCCCCC)c(O)c1OC(=O)O. The number of phenols is 1. The van der Waals surface area contributed by atoms with Crippen molar-refractivity contribution in [3.8, 4) is 23.0 Å². The van der Waals surface area contributed by atoms with Gasteiger partial charge in [-0.3, -0.25) is 0 Å². The van der Waals surface area contributed by atoms with E-state index in [4.69, 9.17) is 14.2 Å². The monoisotopic (exact) mass is 522 g/mol. The highest BCUT2D eigenvalue weighted by molar-refractivity contribution is 5.71. The molecule has 0 saturated carbocycles. The summed E-state index contributed by atoms with van der Waals surface area (Å²) in [4.78, 5) is 11.7. The Kier molecular flexibility index (Phi) is 18.6. The van der Waals surface area contributed by atoms with Gasteiger partial charge in [0.15, 0.2) is 11.5 Å². The Hall–Kier alpha value is -2.11. The van der Waals surface area contributed by atoms with E-state index in [2.05, 4.69) is 27.7 Å². The van der Waals surface area contributed by atoms with Crippen LogP contribution in [0.1, 0.15) is 142 Å². The van der Waals surface area contributed by atoms with E-state index in [1.807, 2.05) is 0 Å². The number of carboxylic acid groups (broad SMARTS) is 1. The Bertz CT molecular complexity index is 746. The van der Waals surface area contributed by atoms with Crippen LogP contribution in [0.3, 0.4) is 0 Å². The summed E-state index contributed by atoms with van der Waals surface area (Å²) in [6, 6.07) is 0. The van der Waals surface area contributed by atoms with E-state index in [9.17, 15) is 15.0 Å². The molecule has 0 atom stereocenters. The van der Waals surface area contributed by atoms with Gasteiger partial charge in [0.25, 0.3) is 0 Å². The number of phenolic OH excluding ortho intramolecular Hbond substituents is 1. The van der Waals surface area contributed by atoms with Crippen LogP contribution < -0.4 is 14.2 Å². The van der Waals surface area contributed by atoms with Crippen LogP contribution in [0.15, 0.2) is 0 Å². The number of benzene rings is 1. The van der Waals surface area contributed by atoms with Crippen molar-refractivity contribution in [1.29, 1.82) is 0 Å². The zero-order chi connectivity index (χ0) is 27.3. The van der Waals surface area contributed by atoms with E-state index < -0.39 is 6.16 Å². The first-order chi connectivity index (χ1) is 18.0. The van der Waals surface area contributed by atoms with E-state index in [1.54, 1.807) is 0 Å². The number of hydrogen-bond acceptors (Lipinski definition) is 5. The summed E-state index contributed by atoms with van der Waals surface area (Å²) in [5.41, 5.74) is 1.71. The van der Waals surface area contributed by atoms with E-state index >= 15 is 0 Å². The number of aromatic hydroxyl groups is 1. The molecular formula is C31H54O6. The first-order valence-corrected chi connectivity index (χ1v) is 15.1. The lowest BCUT2D eigenvalue weighted by Crippen LogP contribution is -2.12. The lowest BCUT2D eigenvalue weighted by Gasteiger charge is -2.23. The molecule has 0 radical (unpaired) electrons. The molecule has 1 aromatic rings.